The summed E-state index contributed by atoms with van der Waals surface area (Å²) in [5.74, 6) is -0.965. The van der Waals surface area contributed by atoms with Crippen molar-refractivity contribution in [2.24, 2.45) is 5.92 Å². The van der Waals surface area contributed by atoms with Crippen molar-refractivity contribution >= 4 is 37.3 Å². The van der Waals surface area contributed by atoms with Crippen LogP contribution in [0.1, 0.15) is 41.1 Å². The number of fused-ring (bicyclic) bond motifs is 1. The molecule has 3 unspecified atom stereocenters. The Balaban J connectivity index is 1.38. The SMILES string of the molecule is N#CC1([AsH]C(=O)c2cn(-c3cccc(-c4ccc(C5CC5C(=O)O)cc4)c3)c3ncccc3c2=O)CC1. The first-order valence-electron chi connectivity index (χ1n) is 12.1. The number of carbonyl (C=O) groups excluding carboxylic acids is 1. The Morgan fingerprint density at radius 3 is 2.54 bits per heavy atom. The number of nitrogens with zero attached hydrogens (tertiary/aromatic N) is 3. The molecule has 3 atom stereocenters. The van der Waals surface area contributed by atoms with Crippen LogP contribution >= 0.6 is 0 Å². The zero-order valence-electron chi connectivity index (χ0n) is 19.7. The molecule has 2 fully saturated rings. The summed E-state index contributed by atoms with van der Waals surface area (Å²) in [4.78, 5) is 42.1. The number of carboxylic acid groups (broad SMARTS) is 1. The number of aromatic nitrogens is 2. The topological polar surface area (TPSA) is 113 Å². The Labute approximate surface area is 219 Å². The van der Waals surface area contributed by atoms with Crippen LogP contribution in [0.3, 0.4) is 0 Å². The first kappa shape index (κ1) is 23.4. The van der Waals surface area contributed by atoms with Crippen LogP contribution in [0.25, 0.3) is 27.8 Å². The first-order valence-corrected chi connectivity index (χ1v) is 14.2. The van der Waals surface area contributed by atoms with Crippen LogP contribution in [0.4, 0.5) is 0 Å². The molecule has 8 heteroatoms. The van der Waals surface area contributed by atoms with Gasteiger partial charge in [-0.05, 0) is 6.42 Å². The van der Waals surface area contributed by atoms with E-state index in [0.717, 1.165) is 35.2 Å². The maximum atomic E-state index is 13.2. The van der Waals surface area contributed by atoms with Crippen molar-refractivity contribution in [2.75, 3.05) is 0 Å². The molecule has 2 heterocycles. The van der Waals surface area contributed by atoms with Gasteiger partial charge < -0.3 is 5.11 Å². The first-order chi connectivity index (χ1) is 17.9. The second-order valence-corrected chi connectivity index (χ2v) is 13.2. The third kappa shape index (κ3) is 4.28. The van der Waals surface area contributed by atoms with Gasteiger partial charge in [-0.3, -0.25) is 4.79 Å². The number of pyridine rings is 2. The molecule has 6 rings (SSSR count). The van der Waals surface area contributed by atoms with Crippen LogP contribution < -0.4 is 5.43 Å². The minimum absolute atomic E-state index is 0.0754. The van der Waals surface area contributed by atoms with Crippen LogP contribution in [0.2, 0.25) is 4.20 Å². The van der Waals surface area contributed by atoms with E-state index in [1.807, 2.05) is 48.5 Å². The van der Waals surface area contributed by atoms with Crippen LogP contribution in [0.15, 0.2) is 77.9 Å². The molecule has 2 aliphatic rings. The molecule has 2 aromatic heterocycles. The molecule has 4 aromatic rings. The second-order valence-electron chi connectivity index (χ2n) is 9.72. The molecule has 0 bridgehead atoms. The van der Waals surface area contributed by atoms with Gasteiger partial charge in [0.15, 0.2) is 0 Å². The summed E-state index contributed by atoms with van der Waals surface area (Å²) >= 11 is -1.29. The quantitative estimate of drug-likeness (QED) is 0.343. The standard InChI is InChI=1S/C29H22AsN3O4/c31-16-29(10-11-29)30-26(35)24-15-33(27-21(25(24)34)5-2-12-32-27)20-4-1-3-19(13-20)17-6-8-18(9-7-17)22-14-23(22)28(36)37/h1-9,12-13,15,22-23,30H,10-11,14H2,(H,36,37). The molecule has 0 radical (unpaired) electrons. The molecular formula is C29H22AsN3O4. The molecule has 7 nitrogen and oxygen atoms in total. The molecule has 1 N–H and O–H groups in total. The van der Waals surface area contributed by atoms with Crippen LogP contribution in [0.5, 0.6) is 0 Å². The van der Waals surface area contributed by atoms with Gasteiger partial charge in [0.2, 0.25) is 0 Å². The predicted octanol–water partition coefficient (Wildman–Crippen LogP) is 4.29. The fourth-order valence-corrected chi connectivity index (χ4v) is 7.26. The van der Waals surface area contributed by atoms with Gasteiger partial charge >= 0.3 is 197 Å². The van der Waals surface area contributed by atoms with E-state index >= 15 is 0 Å². The number of hydrogen-bond donors (Lipinski definition) is 1. The maximum absolute atomic E-state index is 13.2. The van der Waals surface area contributed by atoms with E-state index in [-0.39, 0.29) is 27.4 Å². The van der Waals surface area contributed by atoms with E-state index < -0.39 is 25.9 Å². The Morgan fingerprint density at radius 2 is 1.86 bits per heavy atom. The zero-order valence-corrected chi connectivity index (χ0v) is 21.8. The summed E-state index contributed by atoms with van der Waals surface area (Å²) in [5.41, 5.74) is 3.95. The summed E-state index contributed by atoms with van der Waals surface area (Å²) in [6.45, 7) is 0. The van der Waals surface area contributed by atoms with Gasteiger partial charge in [-0.15, -0.1) is 0 Å². The van der Waals surface area contributed by atoms with Gasteiger partial charge in [0.1, 0.15) is 0 Å². The molecule has 37 heavy (non-hydrogen) atoms. The summed E-state index contributed by atoms with van der Waals surface area (Å²) in [6.07, 6.45) is 5.34. The Kier molecular flexibility index (Phi) is 5.58. The number of nitriles is 1. The molecule has 182 valence electrons. The van der Waals surface area contributed by atoms with Crippen LogP contribution in [-0.2, 0) is 4.79 Å². The average Bonchev–Trinajstić information content (AvgIpc) is 3.85. The Bertz CT molecular complexity index is 1680. The number of carbonyl (C=O) groups is 2. The van der Waals surface area contributed by atoms with Crippen molar-refractivity contribution in [1.29, 1.82) is 5.26 Å². The zero-order chi connectivity index (χ0) is 25.7. The van der Waals surface area contributed by atoms with Crippen molar-refractivity contribution in [3.8, 4) is 22.9 Å². The molecule has 2 saturated carbocycles. The van der Waals surface area contributed by atoms with E-state index in [0.29, 0.717) is 17.5 Å². The molecule has 2 aliphatic carbocycles. The minimum atomic E-state index is -1.29. The molecular weight excluding hydrogens is 529 g/mol. The van der Waals surface area contributed by atoms with Crippen LogP contribution in [0, 0.1) is 17.2 Å². The van der Waals surface area contributed by atoms with Crippen molar-refractivity contribution in [2.45, 2.75) is 29.4 Å². The Morgan fingerprint density at radius 1 is 1.08 bits per heavy atom. The van der Waals surface area contributed by atoms with Crippen molar-refractivity contribution in [1.82, 2.24) is 9.55 Å². The fraction of sp³-hybridized carbons (Fsp3) is 0.207. The molecule has 0 amide bonds. The average molecular weight is 551 g/mol. The van der Waals surface area contributed by atoms with Gasteiger partial charge in [0.05, 0.1) is 5.92 Å². The van der Waals surface area contributed by atoms with E-state index in [9.17, 15) is 24.8 Å². The van der Waals surface area contributed by atoms with Gasteiger partial charge in [-0.25, -0.2) is 0 Å². The number of rotatable bonds is 7. The van der Waals surface area contributed by atoms with Crippen LogP contribution in [-0.4, -0.2) is 41.0 Å². The second kappa shape index (κ2) is 8.83. The fourth-order valence-electron chi connectivity index (χ4n) is 4.79. The van der Waals surface area contributed by atoms with E-state index in [1.165, 1.54) is 0 Å². The summed E-state index contributed by atoms with van der Waals surface area (Å²) in [5, 5.41) is 19.0. The number of carboxylic acids is 1. The third-order valence-electron chi connectivity index (χ3n) is 7.23. The van der Waals surface area contributed by atoms with Crippen molar-refractivity contribution in [3.63, 3.8) is 0 Å². The van der Waals surface area contributed by atoms with Gasteiger partial charge in [-0.2, -0.15) is 0 Å². The number of benzene rings is 2. The van der Waals surface area contributed by atoms with Crippen molar-refractivity contribution in [3.05, 3.63) is 94.4 Å². The Hall–Kier alpha value is -4.01. The predicted molar refractivity (Wildman–Crippen MR) is 140 cm³/mol. The monoisotopic (exact) mass is 551 g/mol. The van der Waals surface area contributed by atoms with Crippen molar-refractivity contribution < 1.29 is 14.7 Å². The van der Waals surface area contributed by atoms with Gasteiger partial charge in [-0.1, -0.05) is 0 Å². The van der Waals surface area contributed by atoms with Gasteiger partial charge in [0, 0.05) is 0 Å². The van der Waals surface area contributed by atoms with Gasteiger partial charge in [0.25, 0.3) is 0 Å². The number of aliphatic carboxylic acids is 1. The third-order valence-corrected chi connectivity index (χ3v) is 10.6. The van der Waals surface area contributed by atoms with E-state index in [2.05, 4.69) is 11.1 Å². The van der Waals surface area contributed by atoms with E-state index in [1.54, 1.807) is 29.1 Å². The normalized spacial score (nSPS) is 19.5. The molecule has 0 aliphatic heterocycles. The molecule has 2 aromatic carbocycles. The number of hydrogen-bond acceptors (Lipinski definition) is 5. The van der Waals surface area contributed by atoms with E-state index in [4.69, 9.17) is 0 Å². The summed E-state index contributed by atoms with van der Waals surface area (Å²) in [6, 6.07) is 21.4. The molecule has 0 saturated heterocycles. The summed E-state index contributed by atoms with van der Waals surface area (Å²) in [7, 11) is 0. The molecule has 0 spiro atoms. The summed E-state index contributed by atoms with van der Waals surface area (Å²) < 4.78 is 1.06.